The summed E-state index contributed by atoms with van der Waals surface area (Å²) in [5.41, 5.74) is 5.84. The van der Waals surface area contributed by atoms with Gasteiger partial charge in [0.25, 0.3) is 0 Å². The fourth-order valence-electron chi connectivity index (χ4n) is 5.05. The fourth-order valence-corrected chi connectivity index (χ4v) is 10.9. The van der Waals surface area contributed by atoms with Crippen molar-refractivity contribution in [2.75, 3.05) is 0 Å². The lowest BCUT2D eigenvalue weighted by molar-refractivity contribution is -0.136. The molecule has 0 radical (unpaired) electrons. The Hall–Kier alpha value is -3.59. The van der Waals surface area contributed by atoms with Crippen molar-refractivity contribution in [3.05, 3.63) is 120 Å². The van der Waals surface area contributed by atoms with Gasteiger partial charge in [0.1, 0.15) is 0 Å². The van der Waals surface area contributed by atoms with Crippen molar-refractivity contribution in [2.45, 2.75) is 20.3 Å². The maximum Gasteiger partial charge on any atom is 0.307 e. The minimum Gasteiger partial charge on any atom is -0.481 e. The molecule has 0 unspecified atom stereocenters. The van der Waals surface area contributed by atoms with Crippen molar-refractivity contribution in [3.8, 4) is 59.9 Å². The fraction of sp³-hybridized carbons (Fsp3) is 0.0833. The van der Waals surface area contributed by atoms with Crippen molar-refractivity contribution in [1.82, 2.24) is 0 Å². The van der Waals surface area contributed by atoms with Crippen LogP contribution in [-0.2, 0) is 11.2 Å². The lowest BCUT2D eigenvalue weighted by Crippen LogP contribution is -1.99. The molecule has 0 fully saturated rings. The molecule has 0 amide bonds. The SMILES string of the molecule is Cc1ccc(-c2ccc(-c3cc(CC(=O)O)c(-c4ccc(-c5sc(-c6ccc(-c7ccccc7)s6)cc5C)s4)s3)s2)cc1. The summed E-state index contributed by atoms with van der Waals surface area (Å²) in [7, 11) is 0. The first kappa shape index (κ1) is 28.2. The second kappa shape index (κ2) is 11.8. The van der Waals surface area contributed by atoms with Gasteiger partial charge in [-0.3, -0.25) is 4.79 Å². The summed E-state index contributed by atoms with van der Waals surface area (Å²) in [5, 5.41) is 9.71. The van der Waals surface area contributed by atoms with Crippen LogP contribution in [0.4, 0.5) is 0 Å². The molecule has 0 saturated carbocycles. The molecule has 0 atom stereocenters. The monoisotopic (exact) mass is 650 g/mol. The number of carboxylic acid groups (broad SMARTS) is 1. The van der Waals surface area contributed by atoms with E-state index in [9.17, 15) is 9.90 Å². The normalized spacial score (nSPS) is 11.3. The van der Waals surface area contributed by atoms with Gasteiger partial charge >= 0.3 is 5.97 Å². The highest BCUT2D eigenvalue weighted by Crippen LogP contribution is 2.48. The van der Waals surface area contributed by atoms with Crippen LogP contribution in [0.25, 0.3) is 59.9 Å². The second-order valence-corrected chi connectivity index (χ2v) is 15.7. The third kappa shape index (κ3) is 5.84. The first-order valence-corrected chi connectivity index (χ1v) is 17.9. The van der Waals surface area contributed by atoms with Crippen molar-refractivity contribution in [1.29, 1.82) is 0 Å². The topological polar surface area (TPSA) is 37.3 Å². The van der Waals surface area contributed by atoms with Gasteiger partial charge in [-0.1, -0.05) is 60.2 Å². The molecule has 2 aromatic carbocycles. The van der Waals surface area contributed by atoms with Gasteiger partial charge in [-0.2, -0.15) is 0 Å². The first-order chi connectivity index (χ1) is 20.9. The number of thiophene rings is 5. The Morgan fingerprint density at radius 1 is 0.535 bits per heavy atom. The van der Waals surface area contributed by atoms with Gasteiger partial charge in [-0.15, -0.1) is 56.7 Å². The van der Waals surface area contributed by atoms with E-state index in [1.807, 2.05) is 22.7 Å². The highest BCUT2D eigenvalue weighted by molar-refractivity contribution is 7.30. The number of carbonyl (C=O) groups is 1. The minimum absolute atomic E-state index is 0.0135. The Kier molecular flexibility index (Phi) is 7.76. The van der Waals surface area contributed by atoms with E-state index in [1.165, 1.54) is 56.4 Å². The van der Waals surface area contributed by atoms with Gasteiger partial charge in [0.15, 0.2) is 0 Å². The zero-order chi connectivity index (χ0) is 29.5. The van der Waals surface area contributed by atoms with Crippen molar-refractivity contribution in [2.24, 2.45) is 0 Å². The van der Waals surface area contributed by atoms with Gasteiger partial charge in [-0.25, -0.2) is 0 Å². The summed E-state index contributed by atoms with van der Waals surface area (Å²) in [6, 6.07) is 36.6. The standard InChI is InChI=1S/C36H26O2S5/c1-21-8-10-24(11-9-21)27-13-15-29(40-27)33-19-25(20-34(37)38)36(43-33)31-17-16-30(41-31)35-22(2)18-32(42-35)28-14-12-26(39-28)23-6-4-3-5-7-23/h3-19H,20H2,1-2H3,(H,37,38). The van der Waals surface area contributed by atoms with E-state index in [1.54, 1.807) is 34.0 Å². The van der Waals surface area contributed by atoms with E-state index in [0.717, 1.165) is 20.2 Å². The molecule has 0 bridgehead atoms. The predicted molar refractivity (Wildman–Crippen MR) is 189 cm³/mol. The lowest BCUT2D eigenvalue weighted by atomic mass is 10.1. The van der Waals surface area contributed by atoms with E-state index < -0.39 is 5.97 Å². The molecule has 7 rings (SSSR count). The lowest BCUT2D eigenvalue weighted by Gasteiger charge is -1.98. The Morgan fingerprint density at radius 3 is 1.70 bits per heavy atom. The second-order valence-electron chi connectivity index (χ2n) is 10.4. The zero-order valence-electron chi connectivity index (χ0n) is 23.4. The molecule has 0 aliphatic rings. The summed E-state index contributed by atoms with van der Waals surface area (Å²) < 4.78 is 0. The van der Waals surface area contributed by atoms with E-state index in [0.29, 0.717) is 0 Å². The van der Waals surface area contributed by atoms with Crippen LogP contribution in [0.3, 0.4) is 0 Å². The Labute approximate surface area is 270 Å². The maximum absolute atomic E-state index is 11.8. The molecular weight excluding hydrogens is 625 g/mol. The van der Waals surface area contributed by atoms with Crippen molar-refractivity contribution >= 4 is 62.7 Å². The number of rotatable bonds is 8. The predicted octanol–water partition coefficient (Wildman–Crippen LogP) is 12.2. The molecule has 0 spiro atoms. The number of hydrogen-bond donors (Lipinski definition) is 1. The van der Waals surface area contributed by atoms with Crippen LogP contribution >= 0.6 is 56.7 Å². The number of aliphatic carboxylic acids is 1. The number of aryl methyl sites for hydroxylation is 2. The molecule has 7 heteroatoms. The quantitative estimate of drug-likeness (QED) is 0.178. The number of hydrogen-bond acceptors (Lipinski definition) is 6. The third-order valence-electron chi connectivity index (χ3n) is 7.21. The van der Waals surface area contributed by atoms with E-state index in [-0.39, 0.29) is 6.42 Å². The van der Waals surface area contributed by atoms with Gasteiger partial charge in [0.05, 0.1) is 6.42 Å². The van der Waals surface area contributed by atoms with Crippen LogP contribution < -0.4 is 0 Å². The van der Waals surface area contributed by atoms with Crippen LogP contribution in [0.15, 0.2) is 103 Å². The van der Waals surface area contributed by atoms with Crippen LogP contribution in [0.5, 0.6) is 0 Å². The van der Waals surface area contributed by atoms with Crippen LogP contribution in [-0.4, -0.2) is 11.1 Å². The van der Waals surface area contributed by atoms with Crippen molar-refractivity contribution < 1.29 is 9.90 Å². The molecule has 1 N–H and O–H groups in total. The van der Waals surface area contributed by atoms with Crippen LogP contribution in [0, 0.1) is 13.8 Å². The molecule has 5 aromatic heterocycles. The molecule has 43 heavy (non-hydrogen) atoms. The minimum atomic E-state index is -0.807. The molecule has 0 saturated heterocycles. The smallest absolute Gasteiger partial charge is 0.307 e. The maximum atomic E-state index is 11.8. The van der Waals surface area contributed by atoms with Crippen LogP contribution in [0.1, 0.15) is 16.7 Å². The highest BCUT2D eigenvalue weighted by atomic mass is 32.1. The highest BCUT2D eigenvalue weighted by Gasteiger charge is 2.20. The largest absolute Gasteiger partial charge is 0.481 e. The molecule has 2 nitrogen and oxygen atoms in total. The average molecular weight is 651 g/mol. The zero-order valence-corrected chi connectivity index (χ0v) is 27.5. The molecule has 212 valence electrons. The molecule has 5 heterocycles. The number of carboxylic acids is 1. The van der Waals surface area contributed by atoms with Gasteiger partial charge in [-0.05, 0) is 84.6 Å². The molecule has 0 aliphatic carbocycles. The Bertz CT molecular complexity index is 2050. The summed E-state index contributed by atoms with van der Waals surface area (Å²) in [6.45, 7) is 4.28. The van der Waals surface area contributed by atoms with E-state index in [2.05, 4.69) is 117 Å². The Balaban J connectivity index is 1.19. The van der Waals surface area contributed by atoms with Crippen molar-refractivity contribution in [3.63, 3.8) is 0 Å². The molecule has 7 aromatic rings. The molecule has 0 aliphatic heterocycles. The van der Waals surface area contributed by atoms with Gasteiger partial charge in [0.2, 0.25) is 0 Å². The number of benzene rings is 2. The van der Waals surface area contributed by atoms with Gasteiger partial charge < -0.3 is 5.11 Å². The van der Waals surface area contributed by atoms with E-state index >= 15 is 0 Å². The summed E-state index contributed by atoms with van der Waals surface area (Å²) in [4.78, 5) is 23.8. The average Bonchev–Trinajstić information content (AvgIpc) is 3.83. The third-order valence-corrected chi connectivity index (χ3v) is 13.7. The molecular formula is C36H26O2S5. The van der Waals surface area contributed by atoms with Gasteiger partial charge in [0, 0.05) is 48.8 Å². The van der Waals surface area contributed by atoms with E-state index in [4.69, 9.17) is 0 Å². The summed E-state index contributed by atoms with van der Waals surface area (Å²) >= 11 is 8.86. The first-order valence-electron chi connectivity index (χ1n) is 13.8. The summed E-state index contributed by atoms with van der Waals surface area (Å²) in [6.07, 6.45) is 0.0135. The summed E-state index contributed by atoms with van der Waals surface area (Å²) in [5.74, 6) is -0.807. The Morgan fingerprint density at radius 2 is 1.05 bits per heavy atom. The van der Waals surface area contributed by atoms with Crippen LogP contribution in [0.2, 0.25) is 0 Å².